The Morgan fingerprint density at radius 1 is 1.50 bits per heavy atom. The summed E-state index contributed by atoms with van der Waals surface area (Å²) >= 11 is 7.61. The highest BCUT2D eigenvalue weighted by Crippen LogP contribution is 2.27. The lowest BCUT2D eigenvalue weighted by Gasteiger charge is -2.25. The van der Waals surface area contributed by atoms with Crippen molar-refractivity contribution < 1.29 is 0 Å². The molecule has 0 spiro atoms. The van der Waals surface area contributed by atoms with Crippen molar-refractivity contribution in [1.29, 1.82) is 0 Å². The van der Waals surface area contributed by atoms with Crippen LogP contribution in [-0.4, -0.2) is 14.8 Å². The average molecular weight is 311 g/mol. The molecule has 3 rings (SSSR count). The van der Waals surface area contributed by atoms with Gasteiger partial charge in [-0.05, 0) is 18.8 Å². The minimum Gasteiger partial charge on any atom is -0.373 e. The summed E-state index contributed by atoms with van der Waals surface area (Å²) in [7, 11) is 0. The number of rotatable bonds is 5. The summed E-state index contributed by atoms with van der Waals surface area (Å²) in [5.41, 5.74) is 0.261. The minimum atomic E-state index is -0.152. The molecular formula is C13H15ClN4OS. The van der Waals surface area contributed by atoms with Gasteiger partial charge in [-0.1, -0.05) is 18.0 Å². The van der Waals surface area contributed by atoms with E-state index >= 15 is 0 Å². The van der Waals surface area contributed by atoms with Gasteiger partial charge >= 0.3 is 0 Å². The van der Waals surface area contributed by atoms with Gasteiger partial charge in [0.1, 0.15) is 10.7 Å². The molecule has 2 heterocycles. The Bertz CT molecular complexity index is 636. The summed E-state index contributed by atoms with van der Waals surface area (Å²) in [5.74, 6) is 0.577. The fraction of sp³-hybridized carbons (Fsp3) is 0.462. The van der Waals surface area contributed by atoms with Crippen molar-refractivity contribution in [2.45, 2.75) is 32.4 Å². The smallest absolute Gasteiger partial charge is 0.291 e. The van der Waals surface area contributed by atoms with Crippen molar-refractivity contribution in [3.05, 3.63) is 38.2 Å². The lowest BCUT2D eigenvalue weighted by atomic mass is 9.85. The Balaban J connectivity index is 1.77. The number of thiazole rings is 1. The van der Waals surface area contributed by atoms with Gasteiger partial charge in [0.05, 0.1) is 17.8 Å². The molecule has 2 aromatic rings. The summed E-state index contributed by atoms with van der Waals surface area (Å²) in [6.07, 6.45) is 6.88. The molecule has 0 radical (unpaired) electrons. The molecule has 1 fully saturated rings. The van der Waals surface area contributed by atoms with Gasteiger partial charge in [-0.3, -0.25) is 4.79 Å². The van der Waals surface area contributed by atoms with Gasteiger partial charge in [0.2, 0.25) is 0 Å². The monoisotopic (exact) mass is 310 g/mol. The zero-order valence-corrected chi connectivity index (χ0v) is 12.5. The second-order valence-corrected chi connectivity index (χ2v) is 6.32. The number of aromatic nitrogens is 3. The highest BCUT2D eigenvalue weighted by molar-refractivity contribution is 7.09. The predicted octanol–water partition coefficient (Wildman–Crippen LogP) is 2.77. The highest BCUT2D eigenvalue weighted by atomic mass is 35.5. The quantitative estimate of drug-likeness (QED) is 0.922. The van der Waals surface area contributed by atoms with Crippen molar-refractivity contribution in [2.75, 3.05) is 5.32 Å². The highest BCUT2D eigenvalue weighted by Gasteiger charge is 2.20. The number of hydrogen-bond acceptors (Lipinski definition) is 5. The standard InChI is InChI=1S/C13H15ClN4OS/c14-10-6-17-18(8-9-2-1-3-9)13(19)12(10)16-7-11-15-4-5-20-11/h4-6,9,16H,1-3,7-8H2. The molecule has 0 atom stereocenters. The predicted molar refractivity (Wildman–Crippen MR) is 80.3 cm³/mol. The van der Waals surface area contributed by atoms with E-state index in [0.717, 1.165) is 5.01 Å². The van der Waals surface area contributed by atoms with E-state index < -0.39 is 0 Å². The molecule has 20 heavy (non-hydrogen) atoms. The van der Waals surface area contributed by atoms with E-state index in [0.29, 0.717) is 29.7 Å². The average Bonchev–Trinajstić information content (AvgIpc) is 2.89. The summed E-state index contributed by atoms with van der Waals surface area (Å²) in [6.45, 7) is 1.18. The third kappa shape index (κ3) is 2.86. The summed E-state index contributed by atoms with van der Waals surface area (Å²) in [5, 5.41) is 10.4. The molecule has 1 aliphatic rings. The van der Waals surface area contributed by atoms with Crippen molar-refractivity contribution in [3.8, 4) is 0 Å². The lowest BCUT2D eigenvalue weighted by Crippen LogP contribution is -2.30. The Labute approximate surface area is 125 Å². The molecule has 106 valence electrons. The minimum absolute atomic E-state index is 0.152. The van der Waals surface area contributed by atoms with E-state index in [1.165, 1.54) is 30.1 Å². The summed E-state index contributed by atoms with van der Waals surface area (Å²) in [4.78, 5) is 16.5. The van der Waals surface area contributed by atoms with Crippen LogP contribution in [0.3, 0.4) is 0 Å². The molecule has 0 unspecified atom stereocenters. The number of hydrogen-bond donors (Lipinski definition) is 1. The van der Waals surface area contributed by atoms with Gasteiger partial charge in [-0.25, -0.2) is 9.67 Å². The lowest BCUT2D eigenvalue weighted by molar-refractivity contribution is 0.262. The molecule has 1 N–H and O–H groups in total. The normalized spacial score (nSPS) is 15.1. The largest absolute Gasteiger partial charge is 0.373 e. The topological polar surface area (TPSA) is 59.8 Å². The van der Waals surface area contributed by atoms with Crippen LogP contribution >= 0.6 is 22.9 Å². The molecule has 0 amide bonds. The molecule has 1 aliphatic carbocycles. The summed E-state index contributed by atoms with van der Waals surface area (Å²) in [6, 6.07) is 0. The SMILES string of the molecule is O=c1c(NCc2nccs2)c(Cl)cnn1CC1CCC1. The molecule has 0 bridgehead atoms. The first kappa shape index (κ1) is 13.6. The van der Waals surface area contributed by atoms with Crippen molar-refractivity contribution >= 4 is 28.6 Å². The van der Waals surface area contributed by atoms with Gasteiger partial charge in [0, 0.05) is 18.1 Å². The molecular weight excluding hydrogens is 296 g/mol. The first-order chi connectivity index (χ1) is 9.74. The van der Waals surface area contributed by atoms with Crippen molar-refractivity contribution in [1.82, 2.24) is 14.8 Å². The fourth-order valence-electron chi connectivity index (χ4n) is 2.18. The number of nitrogens with one attached hydrogen (secondary N) is 1. The third-order valence-corrected chi connectivity index (χ3v) is 4.62. The van der Waals surface area contributed by atoms with Crippen LogP contribution in [-0.2, 0) is 13.1 Å². The van der Waals surface area contributed by atoms with E-state index in [9.17, 15) is 4.79 Å². The summed E-state index contributed by atoms with van der Waals surface area (Å²) < 4.78 is 1.51. The fourth-order valence-corrected chi connectivity index (χ4v) is 2.93. The van der Waals surface area contributed by atoms with E-state index in [1.807, 2.05) is 5.38 Å². The van der Waals surface area contributed by atoms with Crippen molar-refractivity contribution in [2.24, 2.45) is 5.92 Å². The van der Waals surface area contributed by atoms with Gasteiger partial charge < -0.3 is 5.32 Å². The van der Waals surface area contributed by atoms with Crippen LogP contribution in [0.25, 0.3) is 0 Å². The van der Waals surface area contributed by atoms with Crippen LogP contribution < -0.4 is 10.9 Å². The molecule has 0 saturated heterocycles. The maximum Gasteiger partial charge on any atom is 0.291 e. The van der Waals surface area contributed by atoms with E-state index in [-0.39, 0.29) is 5.56 Å². The maximum atomic E-state index is 12.4. The van der Waals surface area contributed by atoms with Crippen LogP contribution in [0.5, 0.6) is 0 Å². The first-order valence-electron chi connectivity index (χ1n) is 6.62. The van der Waals surface area contributed by atoms with E-state index in [1.54, 1.807) is 17.5 Å². The van der Waals surface area contributed by atoms with Gasteiger partial charge in [0.15, 0.2) is 0 Å². The molecule has 0 aliphatic heterocycles. The Morgan fingerprint density at radius 3 is 3.00 bits per heavy atom. The second kappa shape index (κ2) is 5.93. The van der Waals surface area contributed by atoms with Crippen LogP contribution in [0.1, 0.15) is 24.3 Å². The Kier molecular flexibility index (Phi) is 4.03. The number of nitrogens with zero attached hydrogens (tertiary/aromatic N) is 3. The number of halogens is 1. The van der Waals surface area contributed by atoms with E-state index in [4.69, 9.17) is 11.6 Å². The molecule has 0 aromatic carbocycles. The van der Waals surface area contributed by atoms with Crippen LogP contribution in [0.15, 0.2) is 22.6 Å². The third-order valence-electron chi connectivity index (χ3n) is 3.55. The molecule has 5 nitrogen and oxygen atoms in total. The zero-order valence-electron chi connectivity index (χ0n) is 10.9. The Morgan fingerprint density at radius 2 is 2.35 bits per heavy atom. The van der Waals surface area contributed by atoms with Crippen LogP contribution in [0.4, 0.5) is 5.69 Å². The first-order valence-corrected chi connectivity index (χ1v) is 7.87. The Hall–Kier alpha value is -1.40. The second-order valence-electron chi connectivity index (χ2n) is 4.93. The van der Waals surface area contributed by atoms with Gasteiger partial charge in [-0.2, -0.15) is 5.10 Å². The molecule has 7 heteroatoms. The van der Waals surface area contributed by atoms with Gasteiger partial charge in [0.25, 0.3) is 5.56 Å². The molecule has 1 saturated carbocycles. The van der Waals surface area contributed by atoms with Crippen LogP contribution in [0, 0.1) is 5.92 Å². The van der Waals surface area contributed by atoms with Crippen LogP contribution in [0.2, 0.25) is 5.02 Å². The van der Waals surface area contributed by atoms with Crippen molar-refractivity contribution in [3.63, 3.8) is 0 Å². The maximum absolute atomic E-state index is 12.4. The molecule has 2 aromatic heterocycles. The van der Waals surface area contributed by atoms with Gasteiger partial charge in [-0.15, -0.1) is 11.3 Å². The number of anilines is 1. The zero-order chi connectivity index (χ0) is 13.9. The van der Waals surface area contributed by atoms with E-state index in [2.05, 4.69) is 15.4 Å².